The molecule has 0 saturated carbocycles. The Morgan fingerprint density at radius 3 is 2.16 bits per heavy atom. The Bertz CT molecular complexity index is 527. The van der Waals surface area contributed by atoms with E-state index in [0.29, 0.717) is 0 Å². The normalized spacial score (nSPS) is 10.8. The predicted octanol–water partition coefficient (Wildman–Crippen LogP) is 3.28. The van der Waals surface area contributed by atoms with Gasteiger partial charge in [-0.05, 0) is 36.9 Å². The lowest BCUT2D eigenvalue weighted by Crippen LogP contribution is -2.10. The molecule has 0 unspecified atom stereocenters. The van der Waals surface area contributed by atoms with Crippen molar-refractivity contribution >= 4 is 5.69 Å². The van der Waals surface area contributed by atoms with Gasteiger partial charge in [-0.3, -0.25) is 0 Å². The van der Waals surface area contributed by atoms with Crippen LogP contribution in [0.2, 0.25) is 0 Å². The summed E-state index contributed by atoms with van der Waals surface area (Å²) in [7, 11) is 8.25. The summed E-state index contributed by atoms with van der Waals surface area (Å²) in [6, 6.07) is 18.3. The minimum atomic E-state index is 0.978. The van der Waals surface area contributed by atoms with Crippen molar-refractivity contribution in [2.45, 2.75) is 6.54 Å². The molecule has 1 radical (unpaired) electrons. The zero-order valence-electron chi connectivity index (χ0n) is 12.1. The Kier molecular flexibility index (Phi) is 4.23. The molecule has 99 valence electrons. The Hall–Kier alpha value is -1.80. The Labute approximate surface area is 116 Å². The van der Waals surface area contributed by atoms with E-state index >= 15 is 0 Å². The standard InChI is InChI=1S/C17H21N2/c1-18(2)13-14-8-10-15(11-9-14)16-6-5-7-17(12-16)19(3)4/h5-6,8-12H,13H2,1-4H3. The van der Waals surface area contributed by atoms with E-state index in [9.17, 15) is 0 Å². The van der Waals surface area contributed by atoms with Crippen LogP contribution in [0.5, 0.6) is 0 Å². The second-order valence-electron chi connectivity index (χ2n) is 5.29. The van der Waals surface area contributed by atoms with Crippen LogP contribution in [0.4, 0.5) is 5.69 Å². The highest BCUT2D eigenvalue weighted by Gasteiger charge is 2.02. The lowest BCUT2D eigenvalue weighted by molar-refractivity contribution is 0.402. The molecule has 0 aliphatic rings. The number of benzene rings is 2. The molecule has 2 rings (SSSR count). The summed E-state index contributed by atoms with van der Waals surface area (Å²) < 4.78 is 0. The number of hydrogen-bond acceptors (Lipinski definition) is 2. The first kappa shape index (κ1) is 13.6. The third kappa shape index (κ3) is 3.58. The Balaban J connectivity index is 2.24. The maximum Gasteiger partial charge on any atom is 0.0447 e. The highest BCUT2D eigenvalue weighted by molar-refractivity contribution is 5.68. The molecule has 19 heavy (non-hydrogen) atoms. The fraction of sp³-hybridized carbons (Fsp3) is 0.294. The van der Waals surface area contributed by atoms with Crippen LogP contribution in [0.3, 0.4) is 0 Å². The molecule has 2 aromatic rings. The van der Waals surface area contributed by atoms with Crippen LogP contribution < -0.4 is 4.90 Å². The minimum Gasteiger partial charge on any atom is -0.377 e. The van der Waals surface area contributed by atoms with Gasteiger partial charge in [0.1, 0.15) is 0 Å². The van der Waals surface area contributed by atoms with Gasteiger partial charge in [-0.1, -0.05) is 36.4 Å². The highest BCUT2D eigenvalue weighted by atomic mass is 15.1. The summed E-state index contributed by atoms with van der Waals surface area (Å²) in [5.41, 5.74) is 4.93. The average molecular weight is 253 g/mol. The van der Waals surface area contributed by atoms with Gasteiger partial charge in [0.15, 0.2) is 0 Å². The summed E-state index contributed by atoms with van der Waals surface area (Å²) >= 11 is 0. The lowest BCUT2D eigenvalue weighted by Gasteiger charge is -2.14. The highest BCUT2D eigenvalue weighted by Crippen LogP contribution is 2.24. The quantitative estimate of drug-likeness (QED) is 0.825. The van der Waals surface area contributed by atoms with Crippen LogP contribution in [0.15, 0.2) is 42.5 Å². The summed E-state index contributed by atoms with van der Waals surface area (Å²) in [5, 5.41) is 0. The molecule has 0 N–H and O–H groups in total. The van der Waals surface area contributed by atoms with Crippen molar-refractivity contribution in [2.75, 3.05) is 33.1 Å². The van der Waals surface area contributed by atoms with Gasteiger partial charge in [0.2, 0.25) is 0 Å². The predicted molar refractivity (Wildman–Crippen MR) is 82.4 cm³/mol. The smallest absolute Gasteiger partial charge is 0.0447 e. The number of nitrogens with zero attached hydrogens (tertiary/aromatic N) is 2. The monoisotopic (exact) mass is 253 g/mol. The Morgan fingerprint density at radius 2 is 1.58 bits per heavy atom. The fourth-order valence-corrected chi connectivity index (χ4v) is 2.06. The van der Waals surface area contributed by atoms with Crippen molar-refractivity contribution in [1.29, 1.82) is 0 Å². The zero-order chi connectivity index (χ0) is 13.8. The van der Waals surface area contributed by atoms with E-state index in [2.05, 4.69) is 66.4 Å². The van der Waals surface area contributed by atoms with E-state index in [4.69, 9.17) is 0 Å². The molecule has 0 amide bonds. The molecular weight excluding hydrogens is 232 g/mol. The SMILES string of the molecule is CN(C)Cc1ccc(-c2cc[c]c(N(C)C)c2)cc1. The lowest BCUT2D eigenvalue weighted by atomic mass is 10.0. The fourth-order valence-electron chi connectivity index (χ4n) is 2.06. The molecule has 0 atom stereocenters. The summed E-state index contributed by atoms with van der Waals surface area (Å²) in [4.78, 5) is 4.25. The van der Waals surface area contributed by atoms with Gasteiger partial charge in [-0.15, -0.1) is 0 Å². The number of hydrogen-bond donors (Lipinski definition) is 0. The molecular formula is C17H21N2. The van der Waals surface area contributed by atoms with Gasteiger partial charge < -0.3 is 9.80 Å². The Morgan fingerprint density at radius 1 is 0.895 bits per heavy atom. The third-order valence-corrected chi connectivity index (χ3v) is 3.05. The first-order valence-electron chi connectivity index (χ1n) is 6.49. The van der Waals surface area contributed by atoms with Crippen LogP contribution in [-0.4, -0.2) is 33.1 Å². The van der Waals surface area contributed by atoms with E-state index in [-0.39, 0.29) is 0 Å². The largest absolute Gasteiger partial charge is 0.377 e. The second kappa shape index (κ2) is 5.89. The maximum atomic E-state index is 3.23. The summed E-state index contributed by atoms with van der Waals surface area (Å²) in [6.45, 7) is 0.978. The van der Waals surface area contributed by atoms with Crippen molar-refractivity contribution in [3.63, 3.8) is 0 Å². The van der Waals surface area contributed by atoms with Gasteiger partial charge in [-0.2, -0.15) is 0 Å². The van der Waals surface area contributed by atoms with Crippen LogP contribution >= 0.6 is 0 Å². The van der Waals surface area contributed by atoms with Crippen LogP contribution in [0, 0.1) is 6.07 Å². The molecule has 0 saturated heterocycles. The second-order valence-corrected chi connectivity index (χ2v) is 5.29. The van der Waals surface area contributed by atoms with Crippen molar-refractivity contribution in [2.24, 2.45) is 0 Å². The van der Waals surface area contributed by atoms with Crippen LogP contribution in [-0.2, 0) is 6.54 Å². The van der Waals surface area contributed by atoms with Crippen molar-refractivity contribution in [3.8, 4) is 11.1 Å². The third-order valence-electron chi connectivity index (χ3n) is 3.05. The van der Waals surface area contributed by atoms with E-state index in [1.54, 1.807) is 0 Å². The van der Waals surface area contributed by atoms with Gasteiger partial charge in [0, 0.05) is 32.4 Å². The van der Waals surface area contributed by atoms with E-state index in [0.717, 1.165) is 12.2 Å². The molecule has 0 spiro atoms. The van der Waals surface area contributed by atoms with Gasteiger partial charge in [0.05, 0.1) is 0 Å². The molecule has 2 aromatic carbocycles. The molecule has 0 aromatic heterocycles. The molecule has 0 heterocycles. The topological polar surface area (TPSA) is 6.48 Å². The molecule has 0 aliphatic heterocycles. The van der Waals surface area contributed by atoms with Crippen LogP contribution in [0.1, 0.15) is 5.56 Å². The first-order chi connectivity index (χ1) is 9.06. The van der Waals surface area contributed by atoms with E-state index in [1.165, 1.54) is 16.7 Å². The molecule has 2 nitrogen and oxygen atoms in total. The summed E-state index contributed by atoms with van der Waals surface area (Å²) in [5.74, 6) is 0. The van der Waals surface area contributed by atoms with Crippen LogP contribution in [0.25, 0.3) is 11.1 Å². The van der Waals surface area contributed by atoms with Crippen molar-refractivity contribution in [3.05, 3.63) is 54.1 Å². The first-order valence-corrected chi connectivity index (χ1v) is 6.49. The zero-order valence-corrected chi connectivity index (χ0v) is 12.1. The molecule has 2 heteroatoms. The van der Waals surface area contributed by atoms with E-state index < -0.39 is 0 Å². The minimum absolute atomic E-state index is 0.978. The molecule has 0 aliphatic carbocycles. The van der Waals surface area contributed by atoms with Crippen molar-refractivity contribution < 1.29 is 0 Å². The van der Waals surface area contributed by atoms with Gasteiger partial charge in [0.25, 0.3) is 0 Å². The molecule has 0 fully saturated rings. The number of anilines is 1. The molecule has 0 bridgehead atoms. The van der Waals surface area contributed by atoms with E-state index in [1.807, 2.05) is 20.2 Å². The number of rotatable bonds is 4. The van der Waals surface area contributed by atoms with Crippen molar-refractivity contribution in [1.82, 2.24) is 4.90 Å². The van der Waals surface area contributed by atoms with Gasteiger partial charge >= 0.3 is 0 Å². The summed E-state index contributed by atoms with van der Waals surface area (Å²) in [6.07, 6.45) is 0. The maximum absolute atomic E-state index is 3.23. The van der Waals surface area contributed by atoms with Gasteiger partial charge in [-0.25, -0.2) is 0 Å². The average Bonchev–Trinajstić information content (AvgIpc) is 2.39.